The lowest BCUT2D eigenvalue weighted by Gasteiger charge is -2.09. The van der Waals surface area contributed by atoms with Crippen molar-refractivity contribution in [2.24, 2.45) is 0 Å². The van der Waals surface area contributed by atoms with Gasteiger partial charge in [-0.1, -0.05) is 12.1 Å². The standard InChI is InChI=1S/C11H16O2S/c1-12-10-6-2-3-7-11(10)13-8-4-5-9-14/h2-3,6-7,14H,4-5,8-9H2,1H3. The molecule has 3 heteroatoms. The highest BCUT2D eigenvalue weighted by atomic mass is 32.1. The fourth-order valence-corrected chi connectivity index (χ4v) is 1.36. The van der Waals surface area contributed by atoms with Crippen molar-refractivity contribution in [1.29, 1.82) is 0 Å². The Hall–Kier alpha value is -0.830. The van der Waals surface area contributed by atoms with Gasteiger partial charge in [-0.15, -0.1) is 0 Å². The van der Waals surface area contributed by atoms with E-state index in [0.29, 0.717) is 0 Å². The van der Waals surface area contributed by atoms with E-state index in [0.717, 1.165) is 36.7 Å². The van der Waals surface area contributed by atoms with Gasteiger partial charge in [-0.2, -0.15) is 12.6 Å². The molecule has 0 radical (unpaired) electrons. The van der Waals surface area contributed by atoms with Gasteiger partial charge in [0.1, 0.15) is 0 Å². The number of ether oxygens (including phenoxy) is 2. The SMILES string of the molecule is COc1ccccc1OCCCCS. The molecule has 0 amide bonds. The van der Waals surface area contributed by atoms with Crippen LogP contribution in [0.1, 0.15) is 12.8 Å². The van der Waals surface area contributed by atoms with Crippen LogP contribution in [-0.2, 0) is 0 Å². The van der Waals surface area contributed by atoms with Gasteiger partial charge >= 0.3 is 0 Å². The second kappa shape index (κ2) is 6.60. The molecular formula is C11H16O2S. The second-order valence-corrected chi connectivity index (χ2v) is 3.38. The number of thiol groups is 1. The molecule has 78 valence electrons. The van der Waals surface area contributed by atoms with Crippen molar-refractivity contribution in [2.75, 3.05) is 19.5 Å². The van der Waals surface area contributed by atoms with Crippen molar-refractivity contribution in [3.63, 3.8) is 0 Å². The number of hydrogen-bond donors (Lipinski definition) is 1. The zero-order valence-electron chi connectivity index (χ0n) is 8.40. The lowest BCUT2D eigenvalue weighted by molar-refractivity contribution is 0.288. The number of unbranched alkanes of at least 4 members (excludes halogenated alkanes) is 1. The highest BCUT2D eigenvalue weighted by Gasteiger charge is 2.00. The third-order valence-electron chi connectivity index (χ3n) is 1.88. The van der Waals surface area contributed by atoms with Crippen LogP contribution in [0, 0.1) is 0 Å². The maximum Gasteiger partial charge on any atom is 0.161 e. The molecule has 0 unspecified atom stereocenters. The molecular weight excluding hydrogens is 196 g/mol. The third-order valence-corrected chi connectivity index (χ3v) is 2.20. The lowest BCUT2D eigenvalue weighted by Crippen LogP contribution is -1.99. The zero-order valence-corrected chi connectivity index (χ0v) is 9.30. The fourth-order valence-electron chi connectivity index (χ4n) is 1.13. The first kappa shape index (κ1) is 11.2. The van der Waals surface area contributed by atoms with Crippen LogP contribution in [0.2, 0.25) is 0 Å². The summed E-state index contributed by atoms with van der Waals surface area (Å²) in [6.07, 6.45) is 2.11. The quantitative estimate of drug-likeness (QED) is 0.577. The fraction of sp³-hybridized carbons (Fsp3) is 0.455. The van der Waals surface area contributed by atoms with E-state index in [1.54, 1.807) is 7.11 Å². The molecule has 0 spiro atoms. The summed E-state index contributed by atoms with van der Waals surface area (Å²) in [6.45, 7) is 0.723. The van der Waals surface area contributed by atoms with Crippen molar-refractivity contribution in [3.05, 3.63) is 24.3 Å². The van der Waals surface area contributed by atoms with E-state index in [2.05, 4.69) is 12.6 Å². The average Bonchev–Trinajstić information content (AvgIpc) is 2.25. The van der Waals surface area contributed by atoms with E-state index < -0.39 is 0 Å². The molecule has 0 saturated carbocycles. The van der Waals surface area contributed by atoms with E-state index in [1.807, 2.05) is 24.3 Å². The second-order valence-electron chi connectivity index (χ2n) is 2.93. The van der Waals surface area contributed by atoms with Crippen molar-refractivity contribution in [2.45, 2.75) is 12.8 Å². The number of methoxy groups -OCH3 is 1. The van der Waals surface area contributed by atoms with E-state index in [9.17, 15) is 0 Å². The molecule has 0 aliphatic heterocycles. The number of rotatable bonds is 6. The minimum Gasteiger partial charge on any atom is -0.493 e. The number of hydrogen-bond acceptors (Lipinski definition) is 3. The van der Waals surface area contributed by atoms with Gasteiger partial charge in [0.15, 0.2) is 11.5 Å². The van der Waals surface area contributed by atoms with Crippen LogP contribution in [0.5, 0.6) is 11.5 Å². The van der Waals surface area contributed by atoms with Gasteiger partial charge in [-0.05, 0) is 30.7 Å². The summed E-state index contributed by atoms with van der Waals surface area (Å²) in [7, 11) is 1.65. The predicted octanol–water partition coefficient (Wildman–Crippen LogP) is 2.78. The molecule has 0 aromatic heterocycles. The van der Waals surface area contributed by atoms with Gasteiger partial charge in [0.2, 0.25) is 0 Å². The third kappa shape index (κ3) is 3.50. The molecule has 0 bridgehead atoms. The maximum absolute atomic E-state index is 5.57. The summed E-state index contributed by atoms with van der Waals surface area (Å²) >= 11 is 4.14. The normalized spacial score (nSPS) is 9.86. The summed E-state index contributed by atoms with van der Waals surface area (Å²) in [4.78, 5) is 0. The minimum absolute atomic E-state index is 0.723. The Morgan fingerprint density at radius 2 is 1.86 bits per heavy atom. The van der Waals surface area contributed by atoms with Gasteiger partial charge < -0.3 is 9.47 Å². The van der Waals surface area contributed by atoms with Gasteiger partial charge in [0.05, 0.1) is 13.7 Å². The summed E-state index contributed by atoms with van der Waals surface area (Å²) in [5.41, 5.74) is 0. The van der Waals surface area contributed by atoms with Gasteiger partial charge in [0, 0.05) is 0 Å². The van der Waals surface area contributed by atoms with Crippen molar-refractivity contribution in [1.82, 2.24) is 0 Å². The zero-order chi connectivity index (χ0) is 10.2. The highest BCUT2D eigenvalue weighted by Crippen LogP contribution is 2.25. The van der Waals surface area contributed by atoms with Gasteiger partial charge in [-0.3, -0.25) is 0 Å². The molecule has 2 nitrogen and oxygen atoms in total. The largest absolute Gasteiger partial charge is 0.493 e. The molecule has 0 atom stereocenters. The molecule has 14 heavy (non-hydrogen) atoms. The molecule has 1 aromatic rings. The van der Waals surface area contributed by atoms with E-state index in [1.165, 1.54) is 0 Å². The topological polar surface area (TPSA) is 18.5 Å². The monoisotopic (exact) mass is 212 g/mol. The number of para-hydroxylation sites is 2. The minimum atomic E-state index is 0.723. The molecule has 0 saturated heterocycles. The van der Waals surface area contributed by atoms with Crippen LogP contribution in [0.25, 0.3) is 0 Å². The summed E-state index contributed by atoms with van der Waals surface area (Å²) in [5.74, 6) is 2.52. The molecule has 0 aliphatic rings. The Labute approximate surface area is 90.6 Å². The van der Waals surface area contributed by atoms with Crippen molar-refractivity contribution < 1.29 is 9.47 Å². The number of benzene rings is 1. The summed E-state index contributed by atoms with van der Waals surface area (Å²) < 4.78 is 10.7. The molecule has 1 rings (SSSR count). The Balaban J connectivity index is 2.41. The Morgan fingerprint density at radius 3 is 2.50 bits per heavy atom. The smallest absolute Gasteiger partial charge is 0.161 e. The first-order valence-corrected chi connectivity index (χ1v) is 5.38. The molecule has 0 aliphatic carbocycles. The summed E-state index contributed by atoms with van der Waals surface area (Å²) in [6, 6.07) is 7.68. The van der Waals surface area contributed by atoms with E-state index >= 15 is 0 Å². The summed E-state index contributed by atoms with van der Waals surface area (Å²) in [5, 5.41) is 0. The van der Waals surface area contributed by atoms with Crippen LogP contribution < -0.4 is 9.47 Å². The predicted molar refractivity (Wildman–Crippen MR) is 61.6 cm³/mol. The first-order chi connectivity index (χ1) is 6.88. The Kier molecular flexibility index (Phi) is 5.30. The molecule has 0 heterocycles. The molecule has 1 aromatic carbocycles. The van der Waals surface area contributed by atoms with Crippen LogP contribution in [-0.4, -0.2) is 19.5 Å². The van der Waals surface area contributed by atoms with Gasteiger partial charge in [-0.25, -0.2) is 0 Å². The van der Waals surface area contributed by atoms with E-state index in [-0.39, 0.29) is 0 Å². The van der Waals surface area contributed by atoms with E-state index in [4.69, 9.17) is 9.47 Å². The van der Waals surface area contributed by atoms with Gasteiger partial charge in [0.25, 0.3) is 0 Å². The first-order valence-electron chi connectivity index (χ1n) is 4.75. The van der Waals surface area contributed by atoms with Crippen LogP contribution in [0.3, 0.4) is 0 Å². The highest BCUT2D eigenvalue weighted by molar-refractivity contribution is 7.80. The Bertz CT molecular complexity index is 263. The van der Waals surface area contributed by atoms with Crippen LogP contribution >= 0.6 is 12.6 Å². The molecule has 0 N–H and O–H groups in total. The molecule has 0 fully saturated rings. The van der Waals surface area contributed by atoms with Crippen LogP contribution in [0.15, 0.2) is 24.3 Å². The maximum atomic E-state index is 5.57. The lowest BCUT2D eigenvalue weighted by atomic mass is 10.3. The average molecular weight is 212 g/mol. The van der Waals surface area contributed by atoms with Crippen LogP contribution in [0.4, 0.5) is 0 Å². The van der Waals surface area contributed by atoms with Crippen molar-refractivity contribution in [3.8, 4) is 11.5 Å². The van der Waals surface area contributed by atoms with Crippen molar-refractivity contribution >= 4 is 12.6 Å². The Morgan fingerprint density at radius 1 is 1.14 bits per heavy atom.